The quantitative estimate of drug-likeness (QED) is 0.756. The number of hydrogen-bond donors (Lipinski definition) is 0. The molecule has 0 aliphatic heterocycles. The Kier molecular flexibility index (Phi) is 3.41. The average Bonchev–Trinajstić information content (AvgIpc) is 2.64. The van der Waals surface area contributed by atoms with Gasteiger partial charge in [0.1, 0.15) is 0 Å². The van der Waals surface area contributed by atoms with Gasteiger partial charge in [0.2, 0.25) is 0 Å². The molecule has 0 N–H and O–H groups in total. The fraction of sp³-hybridized carbons (Fsp3) is 0.182. The Labute approximate surface area is 110 Å². The van der Waals surface area contributed by atoms with Crippen LogP contribution in [0.1, 0.15) is 11.1 Å². The van der Waals surface area contributed by atoms with Gasteiger partial charge in [0.05, 0.1) is 12.1 Å². The van der Waals surface area contributed by atoms with Gasteiger partial charge < -0.3 is 4.57 Å². The lowest BCUT2D eigenvalue weighted by Gasteiger charge is -2.13. The first-order valence-corrected chi connectivity index (χ1v) is 5.88. The van der Waals surface area contributed by atoms with Gasteiger partial charge in [0, 0.05) is 12.4 Å². The summed E-state index contributed by atoms with van der Waals surface area (Å²) in [6.45, 7) is 0.175. The summed E-state index contributed by atoms with van der Waals surface area (Å²) in [5.74, 6) is 0. The molecule has 0 atom stereocenters. The van der Waals surface area contributed by atoms with E-state index < -0.39 is 11.7 Å². The Hall–Kier alpha value is -1.05. The molecule has 0 radical (unpaired) electrons. The summed E-state index contributed by atoms with van der Waals surface area (Å²) in [6, 6.07) is 5.58. The van der Waals surface area contributed by atoms with Crippen LogP contribution in [0.4, 0.5) is 13.2 Å². The van der Waals surface area contributed by atoms with Crippen molar-refractivity contribution >= 4 is 22.6 Å². The molecule has 0 saturated heterocycles. The predicted octanol–water partition coefficient (Wildman–Crippen LogP) is 3.55. The maximum absolute atomic E-state index is 12.8. The van der Waals surface area contributed by atoms with Crippen LogP contribution in [-0.2, 0) is 12.7 Å². The third-order valence-corrected chi connectivity index (χ3v) is 3.23. The van der Waals surface area contributed by atoms with E-state index in [2.05, 4.69) is 4.98 Å². The van der Waals surface area contributed by atoms with E-state index in [9.17, 15) is 13.2 Å². The molecule has 0 fully saturated rings. The maximum Gasteiger partial charge on any atom is 0.416 e. The summed E-state index contributed by atoms with van der Waals surface area (Å²) in [5.41, 5.74) is -0.347. The molecule has 2 aromatic rings. The minimum Gasteiger partial charge on any atom is -0.322 e. The van der Waals surface area contributed by atoms with Crippen LogP contribution >= 0.6 is 22.6 Å². The summed E-state index contributed by atoms with van der Waals surface area (Å²) in [7, 11) is 0. The fourth-order valence-electron chi connectivity index (χ4n) is 1.55. The minimum absolute atomic E-state index is 0.175. The second-order valence-corrected chi connectivity index (χ2v) is 4.44. The molecule has 1 heterocycles. The topological polar surface area (TPSA) is 17.8 Å². The monoisotopic (exact) mass is 352 g/mol. The van der Waals surface area contributed by atoms with E-state index in [4.69, 9.17) is 0 Å². The van der Waals surface area contributed by atoms with Gasteiger partial charge in [-0.15, -0.1) is 0 Å². The number of aromatic nitrogens is 2. The molecule has 2 rings (SSSR count). The van der Waals surface area contributed by atoms with Gasteiger partial charge in [-0.3, -0.25) is 0 Å². The van der Waals surface area contributed by atoms with Crippen molar-refractivity contribution in [2.75, 3.05) is 0 Å². The Morgan fingerprint density at radius 3 is 2.53 bits per heavy atom. The Morgan fingerprint density at radius 2 is 1.94 bits per heavy atom. The lowest BCUT2D eigenvalue weighted by atomic mass is 10.1. The molecule has 0 saturated carbocycles. The number of nitrogens with zero attached hydrogens (tertiary/aromatic N) is 2. The third kappa shape index (κ3) is 2.80. The van der Waals surface area contributed by atoms with Crippen LogP contribution in [-0.4, -0.2) is 9.55 Å². The number of alkyl halides is 3. The Bertz CT molecular complexity index is 519. The molecule has 2 nitrogen and oxygen atoms in total. The Balaban J connectivity index is 2.37. The fourth-order valence-corrected chi connectivity index (χ4v) is 2.04. The zero-order chi connectivity index (χ0) is 12.5. The third-order valence-electron chi connectivity index (χ3n) is 2.33. The predicted molar refractivity (Wildman–Crippen MR) is 65.5 cm³/mol. The van der Waals surface area contributed by atoms with Crippen LogP contribution in [0.3, 0.4) is 0 Å². The summed E-state index contributed by atoms with van der Waals surface area (Å²) in [6.07, 6.45) is -1.09. The molecular formula is C11H8F3IN2. The zero-order valence-electron chi connectivity index (χ0n) is 8.58. The van der Waals surface area contributed by atoms with Crippen LogP contribution in [0, 0.1) is 3.83 Å². The Morgan fingerprint density at radius 1 is 1.24 bits per heavy atom. The first-order chi connectivity index (χ1) is 7.98. The molecule has 0 unspecified atom stereocenters. The molecule has 1 aromatic carbocycles. The molecule has 90 valence electrons. The van der Waals surface area contributed by atoms with Gasteiger partial charge in [-0.2, -0.15) is 13.2 Å². The molecule has 0 amide bonds. The van der Waals surface area contributed by atoms with E-state index >= 15 is 0 Å². The molecule has 0 aliphatic carbocycles. The molecule has 6 heteroatoms. The van der Waals surface area contributed by atoms with Gasteiger partial charge in [-0.25, -0.2) is 4.98 Å². The highest BCUT2D eigenvalue weighted by molar-refractivity contribution is 14.1. The number of rotatable bonds is 2. The van der Waals surface area contributed by atoms with Crippen molar-refractivity contribution in [3.8, 4) is 0 Å². The first-order valence-electron chi connectivity index (χ1n) is 4.80. The van der Waals surface area contributed by atoms with E-state index in [0.29, 0.717) is 3.83 Å². The van der Waals surface area contributed by atoms with Crippen molar-refractivity contribution in [2.24, 2.45) is 0 Å². The zero-order valence-corrected chi connectivity index (χ0v) is 10.7. The number of halogens is 4. The summed E-state index contributed by atoms with van der Waals surface area (Å²) < 4.78 is 40.6. The molecule has 1 aromatic heterocycles. The van der Waals surface area contributed by atoms with Crippen molar-refractivity contribution in [1.29, 1.82) is 0 Å². The molecule has 17 heavy (non-hydrogen) atoms. The highest BCUT2D eigenvalue weighted by Crippen LogP contribution is 2.32. The maximum atomic E-state index is 12.8. The second-order valence-electron chi connectivity index (χ2n) is 3.48. The van der Waals surface area contributed by atoms with Gasteiger partial charge in [-0.1, -0.05) is 18.2 Å². The highest BCUT2D eigenvalue weighted by Gasteiger charge is 2.32. The lowest BCUT2D eigenvalue weighted by molar-refractivity contribution is -0.138. The summed E-state index contributed by atoms with van der Waals surface area (Å²) in [4.78, 5) is 3.97. The molecule has 0 aliphatic rings. The minimum atomic E-state index is -4.32. The van der Waals surface area contributed by atoms with Gasteiger partial charge in [0.15, 0.2) is 3.83 Å². The van der Waals surface area contributed by atoms with Crippen molar-refractivity contribution in [3.63, 3.8) is 0 Å². The van der Waals surface area contributed by atoms with Gasteiger partial charge in [0.25, 0.3) is 0 Å². The number of benzene rings is 1. The molecular weight excluding hydrogens is 344 g/mol. The smallest absolute Gasteiger partial charge is 0.322 e. The lowest BCUT2D eigenvalue weighted by Crippen LogP contribution is -2.11. The van der Waals surface area contributed by atoms with Crippen molar-refractivity contribution in [1.82, 2.24) is 9.55 Å². The van der Waals surface area contributed by atoms with E-state index in [1.165, 1.54) is 12.1 Å². The van der Waals surface area contributed by atoms with Crippen LogP contribution in [0.15, 0.2) is 36.7 Å². The van der Waals surface area contributed by atoms with E-state index in [1.807, 2.05) is 22.6 Å². The highest BCUT2D eigenvalue weighted by atomic mass is 127. The normalized spacial score (nSPS) is 11.8. The molecule has 0 bridgehead atoms. The second kappa shape index (κ2) is 4.67. The standard InChI is InChI=1S/C11H8F3IN2/c12-11(13,14)9-4-2-1-3-8(9)7-17-6-5-16-10(17)15/h1-6H,7H2. The van der Waals surface area contributed by atoms with E-state index in [1.54, 1.807) is 23.0 Å². The van der Waals surface area contributed by atoms with Crippen LogP contribution in [0.2, 0.25) is 0 Å². The molecule has 0 spiro atoms. The average molecular weight is 352 g/mol. The summed E-state index contributed by atoms with van der Waals surface area (Å²) >= 11 is 1.99. The number of imidazole rings is 1. The SMILES string of the molecule is FC(F)(F)c1ccccc1Cn1ccnc1I. The van der Waals surface area contributed by atoms with Crippen LogP contribution in [0.25, 0.3) is 0 Å². The van der Waals surface area contributed by atoms with Gasteiger partial charge >= 0.3 is 6.18 Å². The van der Waals surface area contributed by atoms with Crippen LogP contribution in [0.5, 0.6) is 0 Å². The number of hydrogen-bond acceptors (Lipinski definition) is 1. The van der Waals surface area contributed by atoms with Crippen molar-refractivity contribution in [2.45, 2.75) is 12.7 Å². The first kappa shape index (κ1) is 12.4. The van der Waals surface area contributed by atoms with E-state index in [0.717, 1.165) is 6.07 Å². The summed E-state index contributed by atoms with van der Waals surface area (Å²) in [5, 5.41) is 0. The van der Waals surface area contributed by atoms with Crippen molar-refractivity contribution < 1.29 is 13.2 Å². The van der Waals surface area contributed by atoms with Crippen molar-refractivity contribution in [3.05, 3.63) is 51.6 Å². The van der Waals surface area contributed by atoms with E-state index in [-0.39, 0.29) is 12.1 Å². The largest absolute Gasteiger partial charge is 0.416 e. The van der Waals surface area contributed by atoms with Crippen LogP contribution < -0.4 is 0 Å². The van der Waals surface area contributed by atoms with Gasteiger partial charge in [-0.05, 0) is 34.2 Å².